The summed E-state index contributed by atoms with van der Waals surface area (Å²) in [7, 11) is 0.574. The van der Waals surface area contributed by atoms with Gasteiger partial charge in [-0.15, -0.1) is 0 Å². The highest BCUT2D eigenvalue weighted by molar-refractivity contribution is 6.43. The van der Waals surface area contributed by atoms with E-state index in [2.05, 4.69) is 13.8 Å². The molecule has 34 heavy (non-hydrogen) atoms. The first-order valence-corrected chi connectivity index (χ1v) is 12.3. The van der Waals surface area contributed by atoms with E-state index in [0.29, 0.717) is 31.1 Å². The number of phenolic OH excluding ortho intramolecular Hbond substituents is 1. The van der Waals surface area contributed by atoms with Crippen molar-refractivity contribution in [3.05, 3.63) is 46.3 Å². The summed E-state index contributed by atoms with van der Waals surface area (Å²) < 4.78 is 19.8. The number of fused-ring (bicyclic) bond motifs is 3. The summed E-state index contributed by atoms with van der Waals surface area (Å²) in [6.07, 6.45) is 6.40. The third-order valence-corrected chi connectivity index (χ3v) is 7.60. The summed E-state index contributed by atoms with van der Waals surface area (Å²) in [6, 6.07) is 4.35. The van der Waals surface area contributed by atoms with Gasteiger partial charge >= 0.3 is 7.12 Å². The summed E-state index contributed by atoms with van der Waals surface area (Å²) in [6.45, 7) is 4.15. The molecule has 1 aromatic rings. The normalized spacial score (nSPS) is 27.4. The minimum absolute atomic E-state index is 0.119. The van der Waals surface area contributed by atoms with Crippen LogP contribution in [0, 0.1) is 23.6 Å². The predicted octanol–water partition coefficient (Wildman–Crippen LogP) is 4.33. The van der Waals surface area contributed by atoms with Crippen LogP contribution in [0.2, 0.25) is 6.32 Å². The van der Waals surface area contributed by atoms with Crippen LogP contribution in [0.25, 0.3) is 6.08 Å². The number of halogens is 1. The molecule has 0 spiro atoms. The van der Waals surface area contributed by atoms with Crippen molar-refractivity contribution >= 4 is 25.0 Å². The Balaban J connectivity index is 1.60. The van der Waals surface area contributed by atoms with E-state index < -0.39 is 18.9 Å². The monoisotopic (exact) mass is 469 g/mol. The van der Waals surface area contributed by atoms with Crippen LogP contribution in [-0.4, -0.2) is 47.1 Å². The fourth-order valence-corrected chi connectivity index (χ4v) is 6.02. The molecule has 2 fully saturated rings. The van der Waals surface area contributed by atoms with Gasteiger partial charge in [0.15, 0.2) is 11.6 Å². The van der Waals surface area contributed by atoms with Crippen LogP contribution in [0.5, 0.6) is 5.75 Å². The first-order valence-electron chi connectivity index (χ1n) is 12.3. The van der Waals surface area contributed by atoms with Gasteiger partial charge in [-0.05, 0) is 67.6 Å². The number of allylic oxidation sites excluding steroid dienone is 2. The summed E-state index contributed by atoms with van der Waals surface area (Å²) >= 11 is 0. The Morgan fingerprint density at radius 2 is 2.00 bits per heavy atom. The predicted molar refractivity (Wildman–Crippen MR) is 128 cm³/mol. The highest BCUT2D eigenvalue weighted by Crippen LogP contribution is 2.51. The van der Waals surface area contributed by atoms with E-state index in [1.807, 2.05) is 6.08 Å². The largest absolute Gasteiger partial charge is 0.505 e. The molecule has 0 unspecified atom stereocenters. The zero-order chi connectivity index (χ0) is 24.6. The smallest absolute Gasteiger partial charge is 0.455 e. The molecule has 0 bridgehead atoms. The molecule has 4 atom stereocenters. The zero-order valence-corrected chi connectivity index (χ0v) is 20.1. The van der Waals surface area contributed by atoms with Crippen molar-refractivity contribution in [2.45, 2.75) is 64.8 Å². The molecule has 2 N–H and O–H groups in total. The summed E-state index contributed by atoms with van der Waals surface area (Å²) in [5.41, 5.74) is 4.08. The molecular formula is C26H33BFNO5. The van der Waals surface area contributed by atoms with E-state index in [-0.39, 0.29) is 35.5 Å². The zero-order valence-electron chi connectivity index (χ0n) is 20.1. The first-order chi connectivity index (χ1) is 16.2. The topological polar surface area (TPSA) is 87.1 Å². The van der Waals surface area contributed by atoms with Crippen LogP contribution in [0.1, 0.15) is 57.9 Å². The van der Waals surface area contributed by atoms with Gasteiger partial charge in [-0.25, -0.2) is 4.39 Å². The van der Waals surface area contributed by atoms with Gasteiger partial charge in [0, 0.05) is 7.05 Å². The van der Waals surface area contributed by atoms with Crippen molar-refractivity contribution in [1.82, 2.24) is 4.90 Å². The average Bonchev–Trinajstić information content (AvgIpc) is 3.03. The Labute approximate surface area is 200 Å². The van der Waals surface area contributed by atoms with Gasteiger partial charge in [-0.3, -0.25) is 14.5 Å². The Morgan fingerprint density at radius 1 is 1.24 bits per heavy atom. The fraction of sp³-hybridized carbons (Fsp3) is 0.538. The number of likely N-dealkylation sites (tertiary alicyclic amines) is 1. The molecular weight excluding hydrogens is 436 g/mol. The highest BCUT2D eigenvalue weighted by Gasteiger charge is 2.56. The number of imide groups is 1. The van der Waals surface area contributed by atoms with Crippen molar-refractivity contribution < 1.29 is 28.8 Å². The molecule has 0 aromatic heterocycles. The molecule has 1 aliphatic carbocycles. The minimum Gasteiger partial charge on any atom is -0.505 e. The number of carbonyl (C=O) groups excluding carboxylic acids is 2. The lowest BCUT2D eigenvalue weighted by Crippen LogP contribution is -2.46. The lowest BCUT2D eigenvalue weighted by Gasteiger charge is -2.43. The number of rotatable bonds is 7. The van der Waals surface area contributed by atoms with E-state index in [4.69, 9.17) is 4.65 Å². The van der Waals surface area contributed by atoms with Crippen molar-refractivity contribution in [2.75, 3.05) is 7.05 Å². The van der Waals surface area contributed by atoms with Crippen molar-refractivity contribution in [1.29, 1.82) is 0 Å². The number of hydrogen-bond donors (Lipinski definition) is 2. The van der Waals surface area contributed by atoms with E-state index in [9.17, 15) is 24.1 Å². The Bertz CT molecular complexity index is 1040. The number of amides is 2. The van der Waals surface area contributed by atoms with E-state index in [1.54, 1.807) is 13.1 Å². The Morgan fingerprint density at radius 3 is 2.68 bits per heavy atom. The molecule has 2 saturated heterocycles. The molecule has 8 heteroatoms. The van der Waals surface area contributed by atoms with Gasteiger partial charge in [-0.1, -0.05) is 43.6 Å². The van der Waals surface area contributed by atoms with Crippen LogP contribution >= 0.6 is 0 Å². The Kier molecular flexibility index (Phi) is 7.29. The number of nitrogens with zero attached hydrogens (tertiary/aromatic N) is 1. The second-order valence-corrected chi connectivity index (χ2v) is 9.71. The van der Waals surface area contributed by atoms with E-state index >= 15 is 0 Å². The standard InChI is InChI=1S/C26H33BFNO5/c1-4-6-15(11-16-7-9-21(30)20(28)12-16)8-10-22-23-17(5-2)13-18-24(19(23)14-27(33)34-22)26(32)29(3)25(18)31/h7,9,11-12,18-19,22,24,30,33H,4-6,8,10,13-14H2,1-3H3/b15-11+/t18-,19+,22-,24-/m1/s1. The third-order valence-electron chi connectivity index (χ3n) is 7.60. The maximum atomic E-state index is 13.8. The van der Waals surface area contributed by atoms with Gasteiger partial charge in [0.1, 0.15) is 0 Å². The highest BCUT2D eigenvalue weighted by atomic mass is 19.1. The van der Waals surface area contributed by atoms with Gasteiger partial charge in [0.25, 0.3) is 0 Å². The van der Waals surface area contributed by atoms with Gasteiger partial charge in [0.2, 0.25) is 11.8 Å². The van der Waals surface area contributed by atoms with E-state index in [1.165, 1.54) is 22.6 Å². The lowest BCUT2D eigenvalue weighted by atomic mass is 9.58. The number of phenols is 1. The number of carbonyl (C=O) groups is 2. The van der Waals surface area contributed by atoms with Crippen LogP contribution in [0.4, 0.5) is 4.39 Å². The molecule has 0 radical (unpaired) electrons. The maximum absolute atomic E-state index is 13.8. The molecule has 3 aliphatic rings. The quantitative estimate of drug-likeness (QED) is 0.353. The molecule has 1 aromatic carbocycles. The summed E-state index contributed by atoms with van der Waals surface area (Å²) in [5, 5.41) is 20.0. The molecule has 4 rings (SSSR count). The maximum Gasteiger partial charge on any atom is 0.455 e. The SMILES string of the molecule is CCC/C(=C\c1ccc(O)c(F)c1)CC[C@H]1OB(O)C[C@H]2C1=C(CC)C[C@H]1C(=O)N(C)C(=O)[C@H]12. The fourth-order valence-electron chi connectivity index (χ4n) is 6.02. The van der Waals surface area contributed by atoms with Crippen molar-refractivity contribution in [3.8, 4) is 5.75 Å². The van der Waals surface area contributed by atoms with Crippen molar-refractivity contribution in [3.63, 3.8) is 0 Å². The van der Waals surface area contributed by atoms with Crippen LogP contribution in [0.15, 0.2) is 34.9 Å². The first kappa shape index (κ1) is 24.7. The van der Waals surface area contributed by atoms with Crippen LogP contribution in [0.3, 0.4) is 0 Å². The Hall–Kier alpha value is -2.45. The number of hydrogen-bond acceptors (Lipinski definition) is 5. The van der Waals surface area contributed by atoms with Crippen molar-refractivity contribution in [2.24, 2.45) is 17.8 Å². The lowest BCUT2D eigenvalue weighted by molar-refractivity contribution is -0.138. The van der Waals surface area contributed by atoms with Crippen LogP contribution < -0.4 is 0 Å². The number of benzene rings is 1. The average molecular weight is 469 g/mol. The van der Waals surface area contributed by atoms with Gasteiger partial charge in [-0.2, -0.15) is 0 Å². The molecule has 0 saturated carbocycles. The summed E-state index contributed by atoms with van der Waals surface area (Å²) in [4.78, 5) is 26.9. The van der Waals surface area contributed by atoms with Gasteiger partial charge in [0.05, 0.1) is 17.9 Å². The molecule has 182 valence electrons. The number of aromatic hydroxyl groups is 1. The molecule has 2 aliphatic heterocycles. The second kappa shape index (κ2) is 10.0. The third kappa shape index (κ3) is 4.58. The molecule has 6 nitrogen and oxygen atoms in total. The van der Waals surface area contributed by atoms with Crippen LogP contribution in [-0.2, 0) is 14.2 Å². The minimum atomic E-state index is -0.978. The van der Waals surface area contributed by atoms with E-state index in [0.717, 1.165) is 30.4 Å². The summed E-state index contributed by atoms with van der Waals surface area (Å²) in [5.74, 6) is -2.24. The van der Waals surface area contributed by atoms with Gasteiger partial charge < -0.3 is 14.8 Å². The second-order valence-electron chi connectivity index (χ2n) is 9.71. The molecule has 2 heterocycles. The molecule has 2 amide bonds.